The van der Waals surface area contributed by atoms with Gasteiger partial charge in [-0.3, -0.25) is 4.79 Å². The lowest BCUT2D eigenvalue weighted by Crippen LogP contribution is -2.41. The van der Waals surface area contributed by atoms with Gasteiger partial charge in [0, 0.05) is 23.1 Å². The Morgan fingerprint density at radius 2 is 2.00 bits per heavy atom. The number of rotatable bonds is 4. The van der Waals surface area contributed by atoms with Crippen LogP contribution in [0.4, 0.5) is 0 Å². The lowest BCUT2D eigenvalue weighted by molar-refractivity contribution is -0.131. The lowest BCUT2D eigenvalue weighted by Gasteiger charge is -2.31. The van der Waals surface area contributed by atoms with Crippen molar-refractivity contribution in [3.8, 4) is 11.4 Å². The number of aromatic nitrogens is 3. The number of nitrogens with two attached hydrogens (primary N) is 1. The third-order valence-electron chi connectivity index (χ3n) is 4.50. The van der Waals surface area contributed by atoms with E-state index in [1.807, 2.05) is 36.1 Å². The molecule has 1 aromatic heterocycles. The van der Waals surface area contributed by atoms with Crippen LogP contribution in [0, 0.1) is 5.92 Å². The fourth-order valence-corrected chi connectivity index (χ4v) is 4.19. The Morgan fingerprint density at radius 3 is 2.68 bits per heavy atom. The molecule has 0 unspecified atom stereocenters. The average Bonchev–Trinajstić information content (AvgIpc) is 2.96. The molecule has 1 aliphatic rings. The second kappa shape index (κ2) is 7.78. The molecule has 1 saturated heterocycles. The highest BCUT2D eigenvalue weighted by atomic mass is 79.9. The first kappa shape index (κ1) is 18.3. The van der Waals surface area contributed by atoms with Gasteiger partial charge in [0.05, 0.1) is 5.25 Å². The first-order valence-corrected chi connectivity index (χ1v) is 10.1. The van der Waals surface area contributed by atoms with Crippen LogP contribution in [-0.2, 0) is 4.79 Å². The number of benzene rings is 1. The Kier molecular flexibility index (Phi) is 5.68. The van der Waals surface area contributed by atoms with Gasteiger partial charge in [-0.1, -0.05) is 46.7 Å². The molecule has 25 heavy (non-hydrogen) atoms. The molecular weight excluding hydrogens is 402 g/mol. The summed E-state index contributed by atoms with van der Waals surface area (Å²) >= 11 is 4.86. The highest BCUT2D eigenvalue weighted by Crippen LogP contribution is 2.30. The van der Waals surface area contributed by atoms with Crippen LogP contribution in [0.25, 0.3) is 11.4 Å². The molecule has 0 aliphatic carbocycles. The van der Waals surface area contributed by atoms with E-state index >= 15 is 0 Å². The van der Waals surface area contributed by atoms with E-state index in [1.54, 1.807) is 0 Å². The number of nitrogens with zero attached hydrogens (tertiary/aromatic N) is 4. The van der Waals surface area contributed by atoms with Crippen molar-refractivity contribution in [1.29, 1.82) is 0 Å². The van der Waals surface area contributed by atoms with E-state index in [4.69, 9.17) is 5.84 Å². The zero-order chi connectivity index (χ0) is 18.0. The van der Waals surface area contributed by atoms with Gasteiger partial charge in [0.2, 0.25) is 11.1 Å². The Morgan fingerprint density at radius 1 is 1.32 bits per heavy atom. The molecule has 0 spiro atoms. The zero-order valence-electron chi connectivity index (χ0n) is 14.4. The number of halogens is 1. The van der Waals surface area contributed by atoms with Crippen LogP contribution in [0.1, 0.15) is 26.7 Å². The minimum atomic E-state index is -0.244. The SMILES string of the molecule is CC1CCN(C(=O)[C@H](C)Sc2nnc(-c3ccccc3Br)n2N)CC1. The summed E-state index contributed by atoms with van der Waals surface area (Å²) in [5.74, 6) is 7.59. The summed E-state index contributed by atoms with van der Waals surface area (Å²) in [6, 6.07) is 7.71. The summed E-state index contributed by atoms with van der Waals surface area (Å²) in [6.45, 7) is 5.81. The molecule has 134 valence electrons. The van der Waals surface area contributed by atoms with Crippen LogP contribution in [0.15, 0.2) is 33.9 Å². The predicted molar refractivity (Wildman–Crippen MR) is 104 cm³/mol. The van der Waals surface area contributed by atoms with Crippen molar-refractivity contribution in [2.75, 3.05) is 18.9 Å². The molecule has 0 radical (unpaired) electrons. The van der Waals surface area contributed by atoms with E-state index in [0.29, 0.717) is 16.9 Å². The first-order valence-electron chi connectivity index (χ1n) is 8.38. The van der Waals surface area contributed by atoms with Gasteiger partial charge in [-0.15, -0.1) is 10.2 Å². The summed E-state index contributed by atoms with van der Waals surface area (Å²) in [6.07, 6.45) is 2.14. The molecule has 2 aromatic rings. The Bertz CT molecular complexity index is 757. The molecule has 8 heteroatoms. The molecule has 2 N–H and O–H groups in total. The predicted octanol–water partition coefficient (Wildman–Crippen LogP) is 3.16. The molecule has 0 saturated carbocycles. The number of piperidine rings is 1. The molecule has 1 aliphatic heterocycles. The number of hydrogen-bond acceptors (Lipinski definition) is 5. The Hall–Kier alpha value is -1.54. The van der Waals surface area contributed by atoms with Gasteiger partial charge >= 0.3 is 0 Å². The third kappa shape index (κ3) is 4.00. The highest BCUT2D eigenvalue weighted by molar-refractivity contribution is 9.10. The highest BCUT2D eigenvalue weighted by Gasteiger charge is 2.27. The molecule has 1 fully saturated rings. The second-order valence-electron chi connectivity index (χ2n) is 6.42. The minimum Gasteiger partial charge on any atom is -0.342 e. The van der Waals surface area contributed by atoms with E-state index in [0.717, 1.165) is 36.0 Å². The maximum Gasteiger partial charge on any atom is 0.235 e. The number of amides is 1. The van der Waals surface area contributed by atoms with E-state index < -0.39 is 0 Å². The monoisotopic (exact) mass is 423 g/mol. The lowest BCUT2D eigenvalue weighted by atomic mass is 9.99. The maximum atomic E-state index is 12.7. The number of carbonyl (C=O) groups excluding carboxylic acids is 1. The largest absolute Gasteiger partial charge is 0.342 e. The number of nitrogen functional groups attached to an aromatic ring is 1. The standard InChI is InChI=1S/C17H22BrN5OS/c1-11-7-9-22(10-8-11)16(24)12(2)25-17-21-20-15(23(17)19)13-5-3-4-6-14(13)18/h3-6,11-12H,7-10,19H2,1-2H3/t12-/m0/s1. The van der Waals surface area contributed by atoms with Crippen molar-refractivity contribution in [3.63, 3.8) is 0 Å². The first-order chi connectivity index (χ1) is 12.0. The van der Waals surface area contributed by atoms with Gasteiger partial charge in [0.25, 0.3) is 0 Å². The van der Waals surface area contributed by atoms with Crippen molar-refractivity contribution in [1.82, 2.24) is 19.8 Å². The van der Waals surface area contributed by atoms with E-state index in [-0.39, 0.29) is 11.2 Å². The van der Waals surface area contributed by atoms with Crippen molar-refractivity contribution in [2.24, 2.45) is 5.92 Å². The summed E-state index contributed by atoms with van der Waals surface area (Å²) in [5.41, 5.74) is 0.869. The summed E-state index contributed by atoms with van der Waals surface area (Å²) in [5, 5.41) is 8.66. The van der Waals surface area contributed by atoms with Crippen molar-refractivity contribution in [2.45, 2.75) is 37.1 Å². The number of hydrogen-bond donors (Lipinski definition) is 1. The van der Waals surface area contributed by atoms with E-state index in [9.17, 15) is 4.79 Å². The molecule has 6 nitrogen and oxygen atoms in total. The molecule has 2 heterocycles. The van der Waals surface area contributed by atoms with Crippen LogP contribution < -0.4 is 5.84 Å². The molecule has 3 rings (SSSR count). The molecule has 0 bridgehead atoms. The molecule has 1 aromatic carbocycles. The Balaban J connectivity index is 1.71. The van der Waals surface area contributed by atoms with Crippen molar-refractivity contribution >= 4 is 33.6 Å². The van der Waals surface area contributed by atoms with Crippen LogP contribution in [0.2, 0.25) is 0 Å². The van der Waals surface area contributed by atoms with Gasteiger partial charge in [-0.2, -0.15) is 0 Å². The van der Waals surface area contributed by atoms with Crippen LogP contribution in [-0.4, -0.2) is 44.0 Å². The third-order valence-corrected chi connectivity index (χ3v) is 6.24. The van der Waals surface area contributed by atoms with Gasteiger partial charge < -0.3 is 10.7 Å². The van der Waals surface area contributed by atoms with Gasteiger partial charge in [0.15, 0.2) is 5.82 Å². The van der Waals surface area contributed by atoms with Gasteiger partial charge in [0.1, 0.15) is 0 Å². The minimum absolute atomic E-state index is 0.141. The quantitative estimate of drug-likeness (QED) is 0.603. The fraction of sp³-hybridized carbons (Fsp3) is 0.471. The average molecular weight is 424 g/mol. The number of likely N-dealkylation sites (tertiary alicyclic amines) is 1. The van der Waals surface area contributed by atoms with Crippen molar-refractivity contribution < 1.29 is 4.79 Å². The second-order valence-corrected chi connectivity index (χ2v) is 8.59. The topological polar surface area (TPSA) is 77.0 Å². The van der Waals surface area contributed by atoms with E-state index in [1.165, 1.54) is 16.4 Å². The summed E-state index contributed by atoms with van der Waals surface area (Å²) in [4.78, 5) is 14.6. The normalized spacial score (nSPS) is 16.8. The van der Waals surface area contributed by atoms with Gasteiger partial charge in [-0.05, 0) is 37.8 Å². The molecular formula is C17H22BrN5OS. The summed E-state index contributed by atoms with van der Waals surface area (Å²) in [7, 11) is 0. The van der Waals surface area contributed by atoms with Crippen LogP contribution in [0.3, 0.4) is 0 Å². The zero-order valence-corrected chi connectivity index (χ0v) is 16.8. The smallest absolute Gasteiger partial charge is 0.235 e. The van der Waals surface area contributed by atoms with E-state index in [2.05, 4.69) is 33.1 Å². The molecule has 1 amide bonds. The van der Waals surface area contributed by atoms with Crippen LogP contribution in [0.5, 0.6) is 0 Å². The van der Waals surface area contributed by atoms with Crippen molar-refractivity contribution in [3.05, 3.63) is 28.7 Å². The summed E-state index contributed by atoms with van der Waals surface area (Å²) < 4.78 is 2.35. The van der Waals surface area contributed by atoms with Crippen LogP contribution >= 0.6 is 27.7 Å². The number of thioether (sulfide) groups is 1. The maximum absolute atomic E-state index is 12.7. The molecule has 1 atom stereocenters. The number of carbonyl (C=O) groups is 1. The Labute approximate surface area is 160 Å². The van der Waals surface area contributed by atoms with Gasteiger partial charge in [-0.25, -0.2) is 4.68 Å². The fourth-order valence-electron chi connectivity index (χ4n) is 2.88.